The fraction of sp³-hybridized carbons (Fsp3) is 0.778. The third-order valence-electron chi connectivity index (χ3n) is 1.63. The Balaban J connectivity index is 4.03. The molecule has 0 atom stereocenters. The Morgan fingerprint density at radius 1 is 1.38 bits per heavy atom. The first-order valence-corrected chi connectivity index (χ1v) is 4.17. The first-order chi connectivity index (χ1) is 5.77. The monoisotopic (exact) mass is 188 g/mol. The Labute approximate surface area is 77.9 Å². The van der Waals surface area contributed by atoms with E-state index in [0.717, 1.165) is 0 Å². The van der Waals surface area contributed by atoms with Crippen LogP contribution in [-0.4, -0.2) is 23.7 Å². The maximum atomic E-state index is 11.0. The molecule has 0 aliphatic rings. The maximum Gasteiger partial charge on any atom is 0.312 e. The van der Waals surface area contributed by atoms with Crippen molar-refractivity contribution < 1.29 is 19.4 Å². The van der Waals surface area contributed by atoms with E-state index in [9.17, 15) is 9.59 Å². The molecule has 4 nitrogen and oxygen atoms in total. The van der Waals surface area contributed by atoms with Gasteiger partial charge in [-0.1, -0.05) is 13.8 Å². The highest BCUT2D eigenvalue weighted by molar-refractivity contribution is 5.75. The van der Waals surface area contributed by atoms with Gasteiger partial charge in [0.2, 0.25) is 0 Å². The summed E-state index contributed by atoms with van der Waals surface area (Å²) in [6.07, 6.45) is 0. The van der Waals surface area contributed by atoms with Crippen LogP contribution >= 0.6 is 0 Å². The molecule has 0 saturated carbocycles. The van der Waals surface area contributed by atoms with Crippen molar-refractivity contribution in [3.8, 4) is 0 Å². The van der Waals surface area contributed by atoms with Gasteiger partial charge >= 0.3 is 11.9 Å². The smallest absolute Gasteiger partial charge is 0.312 e. The number of hydrogen-bond donors (Lipinski definition) is 1. The lowest BCUT2D eigenvalue weighted by molar-refractivity contribution is -0.158. The molecule has 76 valence electrons. The minimum atomic E-state index is -1.01. The van der Waals surface area contributed by atoms with Gasteiger partial charge in [-0.05, 0) is 13.8 Å². The number of aliphatic carboxylic acids is 1. The number of esters is 1. The van der Waals surface area contributed by atoms with E-state index in [2.05, 4.69) is 0 Å². The topological polar surface area (TPSA) is 63.6 Å². The largest absolute Gasteiger partial charge is 0.481 e. The zero-order valence-corrected chi connectivity index (χ0v) is 8.46. The molecule has 1 N–H and O–H groups in total. The number of carbonyl (C=O) groups is 2. The molecule has 13 heavy (non-hydrogen) atoms. The molecule has 0 aromatic heterocycles. The van der Waals surface area contributed by atoms with E-state index in [1.54, 1.807) is 13.8 Å². The molecule has 0 aliphatic heterocycles. The minimum Gasteiger partial charge on any atom is -0.481 e. The number of hydrogen-bond acceptors (Lipinski definition) is 3. The lowest BCUT2D eigenvalue weighted by atomic mass is 9.95. The van der Waals surface area contributed by atoms with Gasteiger partial charge in [0, 0.05) is 0 Å². The number of ether oxygens (including phenoxy) is 1. The highest BCUT2D eigenvalue weighted by Crippen LogP contribution is 2.16. The SMILES string of the molecule is CC(C)C(=O)OCC(C)(C)C(=O)O. The fourth-order valence-electron chi connectivity index (χ4n) is 0.480. The second kappa shape index (κ2) is 4.25. The summed E-state index contributed by atoms with van der Waals surface area (Å²) in [6.45, 7) is 6.36. The Morgan fingerprint density at radius 3 is 2.15 bits per heavy atom. The van der Waals surface area contributed by atoms with Crippen molar-refractivity contribution in [2.45, 2.75) is 27.7 Å². The molecule has 4 heteroatoms. The van der Waals surface area contributed by atoms with Crippen molar-refractivity contribution in [2.24, 2.45) is 11.3 Å². The molecule has 0 saturated heterocycles. The van der Waals surface area contributed by atoms with Crippen LogP contribution < -0.4 is 0 Å². The summed E-state index contributed by atoms with van der Waals surface area (Å²) in [6, 6.07) is 0. The number of carboxylic acids is 1. The van der Waals surface area contributed by atoms with Crippen molar-refractivity contribution in [1.82, 2.24) is 0 Å². The zero-order valence-electron chi connectivity index (χ0n) is 8.46. The van der Waals surface area contributed by atoms with Crippen molar-refractivity contribution >= 4 is 11.9 Å². The first kappa shape index (κ1) is 11.9. The summed E-state index contributed by atoms with van der Waals surface area (Å²) in [7, 11) is 0. The van der Waals surface area contributed by atoms with Crippen molar-refractivity contribution in [3.63, 3.8) is 0 Å². The first-order valence-electron chi connectivity index (χ1n) is 4.17. The van der Waals surface area contributed by atoms with Crippen molar-refractivity contribution in [3.05, 3.63) is 0 Å². The molecule has 0 aliphatic carbocycles. The third kappa shape index (κ3) is 3.92. The summed E-state index contributed by atoms with van der Waals surface area (Å²) < 4.78 is 4.81. The highest BCUT2D eigenvalue weighted by Gasteiger charge is 2.29. The summed E-state index contributed by atoms with van der Waals surface area (Å²) in [5, 5.41) is 8.70. The average molecular weight is 188 g/mol. The van der Waals surface area contributed by atoms with Gasteiger partial charge in [0.05, 0.1) is 11.3 Å². The Hall–Kier alpha value is -1.06. The number of carbonyl (C=O) groups excluding carboxylic acids is 1. The van der Waals surface area contributed by atoms with E-state index in [-0.39, 0.29) is 18.5 Å². The van der Waals surface area contributed by atoms with Crippen LogP contribution in [0, 0.1) is 11.3 Å². The summed E-state index contributed by atoms with van der Waals surface area (Å²) in [4.78, 5) is 21.6. The van der Waals surface area contributed by atoms with Crippen molar-refractivity contribution in [1.29, 1.82) is 0 Å². The van der Waals surface area contributed by atoms with Gasteiger partial charge in [-0.3, -0.25) is 9.59 Å². The summed E-state index contributed by atoms with van der Waals surface area (Å²) >= 11 is 0. The molecule has 0 aromatic carbocycles. The predicted molar refractivity (Wildman–Crippen MR) is 47.2 cm³/mol. The van der Waals surface area contributed by atoms with Crippen LogP contribution in [0.4, 0.5) is 0 Å². The molecule has 0 radical (unpaired) electrons. The van der Waals surface area contributed by atoms with Gasteiger partial charge in [0.1, 0.15) is 6.61 Å². The van der Waals surface area contributed by atoms with E-state index in [1.807, 2.05) is 0 Å². The molecule has 0 bridgehead atoms. The van der Waals surface area contributed by atoms with E-state index in [1.165, 1.54) is 13.8 Å². The molecule has 0 aromatic rings. The lowest BCUT2D eigenvalue weighted by Gasteiger charge is -2.19. The highest BCUT2D eigenvalue weighted by atomic mass is 16.5. The molecule has 0 fully saturated rings. The fourth-order valence-corrected chi connectivity index (χ4v) is 0.480. The minimum absolute atomic E-state index is 0.0840. The van der Waals surface area contributed by atoms with Crippen LogP contribution in [0.2, 0.25) is 0 Å². The van der Waals surface area contributed by atoms with Crippen LogP contribution in [0.15, 0.2) is 0 Å². The average Bonchev–Trinajstić information content (AvgIpc) is 1.99. The molecule has 0 unspecified atom stereocenters. The summed E-state index contributed by atoms with van der Waals surface area (Å²) in [5.74, 6) is -1.55. The Morgan fingerprint density at radius 2 is 1.85 bits per heavy atom. The van der Waals surface area contributed by atoms with Gasteiger partial charge in [0.15, 0.2) is 0 Å². The molecular weight excluding hydrogens is 172 g/mol. The maximum absolute atomic E-state index is 11.0. The normalized spacial score (nSPS) is 11.5. The lowest BCUT2D eigenvalue weighted by Crippen LogP contribution is -2.31. The molecule has 0 spiro atoms. The van der Waals surface area contributed by atoms with Crippen LogP contribution in [0.25, 0.3) is 0 Å². The van der Waals surface area contributed by atoms with Crippen LogP contribution in [-0.2, 0) is 14.3 Å². The van der Waals surface area contributed by atoms with Gasteiger partial charge in [-0.25, -0.2) is 0 Å². The van der Waals surface area contributed by atoms with Crippen LogP contribution in [0.3, 0.4) is 0 Å². The van der Waals surface area contributed by atoms with Gasteiger partial charge in [-0.15, -0.1) is 0 Å². The molecule has 0 heterocycles. The molecular formula is C9H16O4. The number of carboxylic acid groups (broad SMARTS) is 1. The van der Waals surface area contributed by atoms with Gasteiger partial charge in [0.25, 0.3) is 0 Å². The van der Waals surface area contributed by atoms with E-state index in [4.69, 9.17) is 9.84 Å². The van der Waals surface area contributed by atoms with Gasteiger partial charge < -0.3 is 9.84 Å². The molecule has 0 rings (SSSR count). The van der Waals surface area contributed by atoms with E-state index < -0.39 is 11.4 Å². The van der Waals surface area contributed by atoms with E-state index in [0.29, 0.717) is 0 Å². The Kier molecular flexibility index (Phi) is 3.91. The standard InChI is InChI=1S/C9H16O4/c1-6(2)7(10)13-5-9(3,4)8(11)12/h6H,5H2,1-4H3,(H,11,12). The van der Waals surface area contributed by atoms with E-state index >= 15 is 0 Å². The third-order valence-corrected chi connectivity index (χ3v) is 1.63. The second-order valence-corrected chi connectivity index (χ2v) is 3.95. The van der Waals surface area contributed by atoms with Crippen molar-refractivity contribution in [2.75, 3.05) is 6.61 Å². The quantitative estimate of drug-likeness (QED) is 0.675. The van der Waals surface area contributed by atoms with Gasteiger partial charge in [-0.2, -0.15) is 0 Å². The molecule has 0 amide bonds. The number of rotatable bonds is 4. The predicted octanol–water partition coefficient (Wildman–Crippen LogP) is 1.30. The second-order valence-electron chi connectivity index (χ2n) is 3.95. The van der Waals surface area contributed by atoms with Crippen LogP contribution in [0.1, 0.15) is 27.7 Å². The van der Waals surface area contributed by atoms with Crippen LogP contribution in [0.5, 0.6) is 0 Å². The Bertz CT molecular complexity index is 206. The summed E-state index contributed by atoms with van der Waals surface area (Å²) in [5.41, 5.74) is -1.01. The zero-order chi connectivity index (χ0) is 10.6.